The number of rotatable bonds is 7. The van der Waals surface area contributed by atoms with Crippen molar-refractivity contribution >= 4 is 15.8 Å². The molecular formula is C22H20N6O2S. The van der Waals surface area contributed by atoms with E-state index in [1.807, 2.05) is 36.4 Å². The molecule has 0 aliphatic heterocycles. The molecule has 9 heteroatoms. The van der Waals surface area contributed by atoms with Crippen molar-refractivity contribution in [2.75, 3.05) is 11.9 Å². The molecule has 8 nitrogen and oxygen atoms in total. The number of nitrogens with two attached hydrogens (primary N) is 1. The normalized spacial score (nSPS) is 11.3. The van der Waals surface area contributed by atoms with E-state index in [1.165, 1.54) is 12.1 Å². The monoisotopic (exact) mass is 432 g/mol. The van der Waals surface area contributed by atoms with E-state index in [0.717, 1.165) is 16.8 Å². The van der Waals surface area contributed by atoms with Crippen LogP contribution in [0.2, 0.25) is 0 Å². The second-order valence-corrected chi connectivity index (χ2v) is 8.35. The lowest BCUT2D eigenvalue weighted by atomic mass is 10.1. The molecule has 1 aromatic carbocycles. The summed E-state index contributed by atoms with van der Waals surface area (Å²) >= 11 is 0. The Morgan fingerprint density at radius 3 is 2.42 bits per heavy atom. The molecule has 31 heavy (non-hydrogen) atoms. The fourth-order valence-electron chi connectivity index (χ4n) is 2.99. The fourth-order valence-corrected chi connectivity index (χ4v) is 3.51. The van der Waals surface area contributed by atoms with Crippen molar-refractivity contribution in [1.29, 1.82) is 0 Å². The Balaban J connectivity index is 1.54. The molecule has 3 aromatic heterocycles. The van der Waals surface area contributed by atoms with Crippen molar-refractivity contribution in [3.63, 3.8) is 0 Å². The first-order valence-corrected chi connectivity index (χ1v) is 11.1. The molecule has 0 aliphatic carbocycles. The summed E-state index contributed by atoms with van der Waals surface area (Å²) in [7, 11) is -3.69. The first-order valence-electron chi connectivity index (χ1n) is 9.55. The van der Waals surface area contributed by atoms with Gasteiger partial charge in [0, 0.05) is 36.8 Å². The molecule has 0 fully saturated rings. The highest BCUT2D eigenvalue weighted by Gasteiger charge is 2.10. The molecule has 156 valence electrons. The Morgan fingerprint density at radius 2 is 1.74 bits per heavy atom. The quantitative estimate of drug-likeness (QED) is 0.460. The van der Waals surface area contributed by atoms with Gasteiger partial charge in [-0.05, 0) is 48.4 Å². The number of hydrogen-bond acceptors (Lipinski definition) is 7. The van der Waals surface area contributed by atoms with Gasteiger partial charge in [0.15, 0.2) is 5.82 Å². The fraction of sp³-hybridized carbons (Fsp3) is 0.0909. The zero-order valence-electron chi connectivity index (χ0n) is 16.5. The predicted molar refractivity (Wildman–Crippen MR) is 119 cm³/mol. The molecule has 0 saturated carbocycles. The average Bonchev–Trinajstić information content (AvgIpc) is 2.80. The maximum atomic E-state index is 11.4. The number of nitrogens with zero attached hydrogens (tertiary/aromatic N) is 4. The van der Waals surface area contributed by atoms with Gasteiger partial charge >= 0.3 is 0 Å². The number of sulfonamides is 1. The van der Waals surface area contributed by atoms with Crippen LogP contribution < -0.4 is 10.5 Å². The molecular weight excluding hydrogens is 412 g/mol. The third-order valence-electron chi connectivity index (χ3n) is 4.55. The third-order valence-corrected chi connectivity index (χ3v) is 5.48. The number of nitrogens with one attached hydrogen (secondary N) is 1. The number of hydrogen-bond donors (Lipinski definition) is 2. The van der Waals surface area contributed by atoms with E-state index < -0.39 is 10.0 Å². The Labute approximate surface area is 180 Å². The van der Waals surface area contributed by atoms with Gasteiger partial charge in [-0.15, -0.1) is 0 Å². The maximum Gasteiger partial charge on any atom is 0.238 e. The van der Waals surface area contributed by atoms with Crippen LogP contribution in [0, 0.1) is 0 Å². The second-order valence-electron chi connectivity index (χ2n) is 6.78. The highest BCUT2D eigenvalue weighted by molar-refractivity contribution is 7.89. The Morgan fingerprint density at radius 1 is 0.903 bits per heavy atom. The molecule has 0 unspecified atom stereocenters. The zero-order valence-corrected chi connectivity index (χ0v) is 17.3. The number of anilines is 1. The standard InChI is InChI=1S/C22H20N6O2S/c23-31(29,30)18-8-6-16(7-9-18)10-13-26-21-14-20(17-4-3-11-24-15-17)27-22(28-21)19-5-1-2-12-25-19/h1-9,11-12,14-15H,10,13H2,(H2,23,29,30)(H,26,27,28). The zero-order chi connectivity index (χ0) is 21.7. The van der Waals surface area contributed by atoms with Crippen LogP contribution in [0.3, 0.4) is 0 Å². The van der Waals surface area contributed by atoms with Crippen molar-refractivity contribution < 1.29 is 8.42 Å². The van der Waals surface area contributed by atoms with Crippen molar-refractivity contribution in [3.8, 4) is 22.8 Å². The van der Waals surface area contributed by atoms with E-state index in [-0.39, 0.29) is 4.90 Å². The van der Waals surface area contributed by atoms with E-state index in [1.54, 1.807) is 30.7 Å². The van der Waals surface area contributed by atoms with Crippen LogP contribution in [-0.2, 0) is 16.4 Å². The SMILES string of the molecule is NS(=O)(=O)c1ccc(CCNc2cc(-c3cccnc3)nc(-c3ccccn3)n2)cc1. The van der Waals surface area contributed by atoms with Gasteiger partial charge in [-0.25, -0.2) is 23.5 Å². The van der Waals surface area contributed by atoms with Crippen LogP contribution in [0.4, 0.5) is 5.82 Å². The summed E-state index contributed by atoms with van der Waals surface area (Å²) in [6.45, 7) is 0.597. The molecule has 3 heterocycles. The largest absolute Gasteiger partial charge is 0.370 e. The van der Waals surface area contributed by atoms with Crippen molar-refractivity contribution in [1.82, 2.24) is 19.9 Å². The number of aromatic nitrogens is 4. The van der Waals surface area contributed by atoms with Gasteiger partial charge in [0.1, 0.15) is 11.5 Å². The maximum absolute atomic E-state index is 11.4. The molecule has 0 amide bonds. The van der Waals surface area contributed by atoms with Crippen molar-refractivity contribution in [2.24, 2.45) is 5.14 Å². The van der Waals surface area contributed by atoms with Crippen LogP contribution in [0.15, 0.2) is 84.1 Å². The molecule has 3 N–H and O–H groups in total. The number of primary sulfonamides is 1. The second kappa shape index (κ2) is 8.99. The number of benzene rings is 1. The van der Waals surface area contributed by atoms with E-state index in [4.69, 9.17) is 5.14 Å². The topological polar surface area (TPSA) is 124 Å². The molecule has 4 rings (SSSR count). The average molecular weight is 433 g/mol. The summed E-state index contributed by atoms with van der Waals surface area (Å²) in [6.07, 6.45) is 5.84. The first kappa shape index (κ1) is 20.6. The lowest BCUT2D eigenvalue weighted by Crippen LogP contribution is -2.12. The summed E-state index contributed by atoms with van der Waals surface area (Å²) < 4.78 is 22.8. The lowest BCUT2D eigenvalue weighted by Gasteiger charge is -2.10. The molecule has 0 atom stereocenters. The van der Waals surface area contributed by atoms with E-state index >= 15 is 0 Å². The van der Waals surface area contributed by atoms with Crippen molar-refractivity contribution in [2.45, 2.75) is 11.3 Å². The van der Waals surface area contributed by atoms with Gasteiger partial charge in [-0.2, -0.15) is 0 Å². The van der Waals surface area contributed by atoms with Crippen LogP contribution >= 0.6 is 0 Å². The van der Waals surface area contributed by atoms with Gasteiger partial charge < -0.3 is 5.32 Å². The molecule has 0 saturated heterocycles. The van der Waals surface area contributed by atoms with Gasteiger partial charge in [-0.1, -0.05) is 18.2 Å². The Bertz CT molecular complexity index is 1210. The van der Waals surface area contributed by atoms with Crippen molar-refractivity contribution in [3.05, 3.63) is 84.8 Å². The lowest BCUT2D eigenvalue weighted by molar-refractivity contribution is 0.598. The van der Waals surface area contributed by atoms with Gasteiger partial charge in [0.2, 0.25) is 10.0 Å². The van der Waals surface area contributed by atoms with Gasteiger partial charge in [0.25, 0.3) is 0 Å². The highest BCUT2D eigenvalue weighted by Crippen LogP contribution is 2.23. The summed E-state index contributed by atoms with van der Waals surface area (Å²) in [5.74, 6) is 1.18. The van der Waals surface area contributed by atoms with E-state index in [9.17, 15) is 8.42 Å². The number of pyridine rings is 2. The molecule has 0 spiro atoms. The predicted octanol–water partition coefficient (Wildman–Crippen LogP) is 2.90. The summed E-state index contributed by atoms with van der Waals surface area (Å²) in [5, 5.41) is 8.46. The van der Waals surface area contributed by atoms with Crippen LogP contribution in [0.5, 0.6) is 0 Å². The van der Waals surface area contributed by atoms with Crippen LogP contribution in [-0.4, -0.2) is 34.9 Å². The highest BCUT2D eigenvalue weighted by atomic mass is 32.2. The minimum Gasteiger partial charge on any atom is -0.370 e. The van der Waals surface area contributed by atoms with E-state index in [0.29, 0.717) is 30.3 Å². The summed E-state index contributed by atoms with van der Waals surface area (Å²) in [6, 6.07) is 17.8. The summed E-state index contributed by atoms with van der Waals surface area (Å²) in [5.41, 5.74) is 3.27. The Hall–Kier alpha value is -3.69. The molecule has 0 bridgehead atoms. The summed E-state index contributed by atoms with van der Waals surface area (Å²) in [4.78, 5) is 17.9. The van der Waals surface area contributed by atoms with E-state index in [2.05, 4.69) is 25.3 Å². The smallest absolute Gasteiger partial charge is 0.238 e. The van der Waals surface area contributed by atoms with Crippen LogP contribution in [0.1, 0.15) is 5.56 Å². The minimum atomic E-state index is -3.69. The molecule has 0 radical (unpaired) electrons. The van der Waals surface area contributed by atoms with Gasteiger partial charge in [-0.3, -0.25) is 9.97 Å². The van der Waals surface area contributed by atoms with Crippen LogP contribution in [0.25, 0.3) is 22.8 Å². The third kappa shape index (κ3) is 5.27. The molecule has 4 aromatic rings. The Kier molecular flexibility index (Phi) is 5.96. The minimum absolute atomic E-state index is 0.0983. The van der Waals surface area contributed by atoms with Gasteiger partial charge in [0.05, 0.1) is 10.6 Å². The first-order chi connectivity index (χ1) is 15.0. The molecule has 0 aliphatic rings.